The molecule has 0 aromatic carbocycles. The SMILES string of the molecule is CC(C)(CO)NS(=O)(=O)c1ccc(C(=O)O)cn1. The number of nitrogens with one attached hydrogen (secondary N) is 1. The predicted molar refractivity (Wildman–Crippen MR) is 62.7 cm³/mol. The molecule has 0 spiro atoms. The fourth-order valence-corrected chi connectivity index (χ4v) is 2.45. The Balaban J connectivity index is 3.03. The van der Waals surface area contributed by atoms with E-state index in [-0.39, 0.29) is 17.2 Å². The second kappa shape index (κ2) is 5.01. The minimum Gasteiger partial charge on any atom is -0.478 e. The first-order valence-electron chi connectivity index (χ1n) is 5.02. The predicted octanol–water partition coefficient (Wildman–Crippen LogP) is -0.171. The van der Waals surface area contributed by atoms with Gasteiger partial charge in [-0.15, -0.1) is 0 Å². The average molecular weight is 274 g/mol. The van der Waals surface area contributed by atoms with E-state index in [1.807, 2.05) is 0 Å². The van der Waals surface area contributed by atoms with Gasteiger partial charge in [0.1, 0.15) is 0 Å². The van der Waals surface area contributed by atoms with Gasteiger partial charge in [0, 0.05) is 6.20 Å². The van der Waals surface area contributed by atoms with Crippen molar-refractivity contribution in [3.05, 3.63) is 23.9 Å². The van der Waals surface area contributed by atoms with Crippen molar-refractivity contribution in [2.75, 3.05) is 6.61 Å². The summed E-state index contributed by atoms with van der Waals surface area (Å²) in [5.74, 6) is -1.19. The van der Waals surface area contributed by atoms with E-state index >= 15 is 0 Å². The summed E-state index contributed by atoms with van der Waals surface area (Å²) >= 11 is 0. The molecule has 0 aliphatic carbocycles. The second-order valence-electron chi connectivity index (χ2n) is 4.34. The Morgan fingerprint density at radius 1 is 1.44 bits per heavy atom. The molecule has 0 radical (unpaired) electrons. The van der Waals surface area contributed by atoms with Crippen LogP contribution in [-0.2, 0) is 10.0 Å². The summed E-state index contributed by atoms with van der Waals surface area (Å²) in [5, 5.41) is 17.4. The molecule has 0 amide bonds. The second-order valence-corrected chi connectivity index (χ2v) is 5.97. The first-order chi connectivity index (χ1) is 8.18. The average Bonchev–Trinajstić information content (AvgIpc) is 2.28. The molecule has 1 heterocycles. The summed E-state index contributed by atoms with van der Waals surface area (Å²) in [7, 11) is -3.89. The molecule has 8 heteroatoms. The van der Waals surface area contributed by atoms with Crippen LogP contribution in [0.15, 0.2) is 23.4 Å². The summed E-state index contributed by atoms with van der Waals surface area (Å²) in [5.41, 5.74) is -1.12. The van der Waals surface area contributed by atoms with Crippen LogP contribution in [0.4, 0.5) is 0 Å². The van der Waals surface area contributed by atoms with Gasteiger partial charge in [-0.3, -0.25) is 0 Å². The monoisotopic (exact) mass is 274 g/mol. The van der Waals surface area contributed by atoms with E-state index in [2.05, 4.69) is 9.71 Å². The van der Waals surface area contributed by atoms with Crippen molar-refractivity contribution in [1.29, 1.82) is 0 Å². The van der Waals surface area contributed by atoms with Crippen LogP contribution in [-0.4, -0.2) is 41.7 Å². The lowest BCUT2D eigenvalue weighted by atomic mass is 10.1. The van der Waals surface area contributed by atoms with Gasteiger partial charge in [0.25, 0.3) is 10.0 Å². The molecule has 18 heavy (non-hydrogen) atoms. The maximum absolute atomic E-state index is 11.9. The lowest BCUT2D eigenvalue weighted by molar-refractivity contribution is 0.0696. The molecule has 0 unspecified atom stereocenters. The Kier molecular flexibility index (Phi) is 4.05. The number of rotatable bonds is 5. The standard InChI is InChI=1S/C10H14N2O5S/c1-10(2,6-13)12-18(16,17)8-4-3-7(5-11-8)9(14)15/h3-5,12-13H,6H2,1-2H3,(H,14,15). The molecule has 0 atom stereocenters. The van der Waals surface area contributed by atoms with Crippen LogP contribution in [0.3, 0.4) is 0 Å². The smallest absolute Gasteiger partial charge is 0.337 e. The van der Waals surface area contributed by atoms with Crippen LogP contribution < -0.4 is 4.72 Å². The van der Waals surface area contributed by atoms with Crippen LogP contribution in [0.25, 0.3) is 0 Å². The highest BCUT2D eigenvalue weighted by Gasteiger charge is 2.26. The lowest BCUT2D eigenvalue weighted by Crippen LogP contribution is -2.46. The molecule has 1 aromatic heterocycles. The number of sulfonamides is 1. The fraction of sp³-hybridized carbons (Fsp3) is 0.400. The number of aliphatic hydroxyl groups excluding tert-OH is 1. The van der Waals surface area contributed by atoms with Gasteiger partial charge < -0.3 is 10.2 Å². The number of aromatic carboxylic acids is 1. The van der Waals surface area contributed by atoms with Crippen LogP contribution in [0.2, 0.25) is 0 Å². The van der Waals surface area contributed by atoms with Crippen LogP contribution in [0.1, 0.15) is 24.2 Å². The van der Waals surface area contributed by atoms with Crippen molar-refractivity contribution in [3.8, 4) is 0 Å². The van der Waals surface area contributed by atoms with Gasteiger partial charge in [0.15, 0.2) is 5.03 Å². The van der Waals surface area contributed by atoms with Crippen molar-refractivity contribution in [2.45, 2.75) is 24.4 Å². The minimum absolute atomic E-state index is 0.102. The molecule has 0 saturated carbocycles. The number of nitrogens with zero attached hydrogens (tertiary/aromatic N) is 1. The Morgan fingerprint density at radius 2 is 2.06 bits per heavy atom. The van der Waals surface area contributed by atoms with Gasteiger partial charge in [-0.1, -0.05) is 0 Å². The number of carboxylic acid groups (broad SMARTS) is 1. The van der Waals surface area contributed by atoms with E-state index in [0.717, 1.165) is 18.3 Å². The molecule has 0 aliphatic rings. The zero-order valence-electron chi connectivity index (χ0n) is 9.91. The third kappa shape index (κ3) is 3.49. The first-order valence-corrected chi connectivity index (χ1v) is 6.50. The number of pyridine rings is 1. The maximum atomic E-state index is 11.9. The Labute approximate surface area is 105 Å². The van der Waals surface area contributed by atoms with E-state index in [0.29, 0.717) is 0 Å². The van der Waals surface area contributed by atoms with Crippen LogP contribution >= 0.6 is 0 Å². The molecule has 0 aliphatic heterocycles. The zero-order valence-corrected chi connectivity index (χ0v) is 10.7. The molecule has 3 N–H and O–H groups in total. The zero-order chi connectivity index (χ0) is 14.0. The van der Waals surface area contributed by atoms with E-state index in [1.54, 1.807) is 0 Å². The topological polar surface area (TPSA) is 117 Å². The van der Waals surface area contributed by atoms with Crippen molar-refractivity contribution < 1.29 is 23.4 Å². The van der Waals surface area contributed by atoms with Gasteiger partial charge in [-0.2, -0.15) is 0 Å². The van der Waals surface area contributed by atoms with E-state index in [1.165, 1.54) is 13.8 Å². The Bertz CT molecular complexity index is 536. The number of carboxylic acids is 1. The van der Waals surface area contributed by atoms with Gasteiger partial charge in [0.05, 0.1) is 17.7 Å². The summed E-state index contributed by atoms with van der Waals surface area (Å²) < 4.78 is 26.0. The highest BCUT2D eigenvalue weighted by Crippen LogP contribution is 2.11. The number of hydrogen-bond acceptors (Lipinski definition) is 5. The first kappa shape index (κ1) is 14.6. The number of carbonyl (C=O) groups is 1. The molecular weight excluding hydrogens is 260 g/mol. The van der Waals surface area contributed by atoms with Crippen LogP contribution in [0.5, 0.6) is 0 Å². The highest BCUT2D eigenvalue weighted by molar-refractivity contribution is 7.89. The van der Waals surface area contributed by atoms with Crippen molar-refractivity contribution in [1.82, 2.24) is 9.71 Å². The third-order valence-corrected chi connectivity index (χ3v) is 3.68. The molecule has 0 saturated heterocycles. The number of hydrogen-bond donors (Lipinski definition) is 3. The number of aliphatic hydroxyl groups is 1. The van der Waals surface area contributed by atoms with Gasteiger partial charge in [-0.25, -0.2) is 22.9 Å². The van der Waals surface area contributed by atoms with Crippen molar-refractivity contribution in [3.63, 3.8) is 0 Å². The highest BCUT2D eigenvalue weighted by atomic mass is 32.2. The maximum Gasteiger partial charge on any atom is 0.337 e. The van der Waals surface area contributed by atoms with Gasteiger partial charge in [0.2, 0.25) is 0 Å². The van der Waals surface area contributed by atoms with E-state index < -0.39 is 21.5 Å². The van der Waals surface area contributed by atoms with Gasteiger partial charge in [-0.05, 0) is 26.0 Å². The minimum atomic E-state index is -3.89. The Morgan fingerprint density at radius 3 is 2.44 bits per heavy atom. The van der Waals surface area contributed by atoms with E-state index in [4.69, 9.17) is 10.2 Å². The van der Waals surface area contributed by atoms with Crippen LogP contribution in [0, 0.1) is 0 Å². The van der Waals surface area contributed by atoms with E-state index in [9.17, 15) is 13.2 Å². The molecule has 7 nitrogen and oxygen atoms in total. The summed E-state index contributed by atoms with van der Waals surface area (Å²) in [4.78, 5) is 14.2. The van der Waals surface area contributed by atoms with Crippen molar-refractivity contribution in [2.24, 2.45) is 0 Å². The normalized spacial score (nSPS) is 12.4. The summed E-state index contributed by atoms with van der Waals surface area (Å²) in [6.45, 7) is 2.64. The lowest BCUT2D eigenvalue weighted by Gasteiger charge is -2.22. The largest absolute Gasteiger partial charge is 0.478 e. The summed E-state index contributed by atoms with van der Waals surface area (Å²) in [6, 6.07) is 2.25. The Hall–Kier alpha value is -1.51. The molecular formula is C10H14N2O5S. The molecule has 100 valence electrons. The fourth-order valence-electron chi connectivity index (χ4n) is 1.11. The quantitative estimate of drug-likeness (QED) is 0.686. The molecule has 0 bridgehead atoms. The van der Waals surface area contributed by atoms with Gasteiger partial charge >= 0.3 is 5.97 Å². The third-order valence-electron chi connectivity index (χ3n) is 2.06. The summed E-state index contributed by atoms with van der Waals surface area (Å²) in [6.07, 6.45) is 0.961. The number of aromatic nitrogens is 1. The molecule has 1 rings (SSSR count). The molecule has 0 fully saturated rings. The van der Waals surface area contributed by atoms with Crippen molar-refractivity contribution >= 4 is 16.0 Å². The molecule has 1 aromatic rings.